The normalized spacial score (nSPS) is 28.2. The largest absolute Gasteiger partial charge is 0.395 e. The Bertz CT molecular complexity index is 225. The predicted molar refractivity (Wildman–Crippen MR) is 70.2 cm³/mol. The molecule has 100 valence electrons. The SMILES string of the molecule is CCCNC(CO)CN1CCN2CCCC2C1. The van der Waals surface area contributed by atoms with Gasteiger partial charge in [-0.2, -0.15) is 0 Å². The van der Waals surface area contributed by atoms with E-state index in [2.05, 4.69) is 22.0 Å². The molecule has 0 aliphatic carbocycles. The summed E-state index contributed by atoms with van der Waals surface area (Å²) in [6, 6.07) is 1.04. The Morgan fingerprint density at radius 3 is 3.00 bits per heavy atom. The van der Waals surface area contributed by atoms with E-state index in [0.717, 1.165) is 25.6 Å². The molecular weight excluding hydrogens is 214 g/mol. The molecule has 0 bridgehead atoms. The highest BCUT2D eigenvalue weighted by atomic mass is 16.3. The molecule has 4 heteroatoms. The van der Waals surface area contributed by atoms with Crippen LogP contribution in [-0.2, 0) is 0 Å². The number of rotatable bonds is 6. The second-order valence-electron chi connectivity index (χ2n) is 5.43. The Labute approximate surface area is 105 Å². The van der Waals surface area contributed by atoms with E-state index < -0.39 is 0 Å². The number of nitrogens with zero attached hydrogens (tertiary/aromatic N) is 2. The summed E-state index contributed by atoms with van der Waals surface area (Å²) < 4.78 is 0. The van der Waals surface area contributed by atoms with Crippen molar-refractivity contribution >= 4 is 0 Å². The first-order valence-electron chi connectivity index (χ1n) is 7.14. The third-order valence-electron chi connectivity index (χ3n) is 4.05. The van der Waals surface area contributed by atoms with Crippen LogP contribution in [0.25, 0.3) is 0 Å². The van der Waals surface area contributed by atoms with Gasteiger partial charge in [0.1, 0.15) is 0 Å². The van der Waals surface area contributed by atoms with E-state index in [1.54, 1.807) is 0 Å². The molecule has 0 radical (unpaired) electrons. The van der Waals surface area contributed by atoms with E-state index in [1.807, 2.05) is 0 Å². The molecule has 0 saturated carbocycles. The molecule has 2 N–H and O–H groups in total. The third kappa shape index (κ3) is 3.65. The fourth-order valence-electron chi connectivity index (χ4n) is 3.07. The lowest BCUT2D eigenvalue weighted by atomic mass is 10.1. The molecule has 0 amide bonds. The van der Waals surface area contributed by atoms with Crippen LogP contribution in [0.4, 0.5) is 0 Å². The van der Waals surface area contributed by atoms with Gasteiger partial charge in [-0.25, -0.2) is 0 Å². The van der Waals surface area contributed by atoms with Crippen molar-refractivity contribution < 1.29 is 5.11 Å². The molecule has 2 aliphatic rings. The zero-order valence-corrected chi connectivity index (χ0v) is 11.1. The first kappa shape index (κ1) is 13.3. The summed E-state index contributed by atoms with van der Waals surface area (Å²) in [4.78, 5) is 5.15. The van der Waals surface area contributed by atoms with Gasteiger partial charge in [0, 0.05) is 38.3 Å². The number of hydrogen-bond donors (Lipinski definition) is 2. The van der Waals surface area contributed by atoms with Crippen molar-refractivity contribution in [2.24, 2.45) is 0 Å². The van der Waals surface area contributed by atoms with E-state index in [9.17, 15) is 5.11 Å². The number of nitrogens with one attached hydrogen (secondary N) is 1. The molecule has 17 heavy (non-hydrogen) atoms. The van der Waals surface area contributed by atoms with E-state index >= 15 is 0 Å². The summed E-state index contributed by atoms with van der Waals surface area (Å²) in [7, 11) is 0. The van der Waals surface area contributed by atoms with Gasteiger partial charge in [0.15, 0.2) is 0 Å². The molecule has 0 spiro atoms. The summed E-state index contributed by atoms with van der Waals surface area (Å²) in [5.74, 6) is 0. The number of aliphatic hydroxyl groups excluding tert-OH is 1. The lowest BCUT2D eigenvalue weighted by Gasteiger charge is -2.38. The van der Waals surface area contributed by atoms with Crippen LogP contribution < -0.4 is 5.32 Å². The van der Waals surface area contributed by atoms with E-state index in [-0.39, 0.29) is 12.6 Å². The van der Waals surface area contributed by atoms with Crippen LogP contribution in [0, 0.1) is 0 Å². The molecule has 2 unspecified atom stereocenters. The average molecular weight is 241 g/mol. The van der Waals surface area contributed by atoms with Crippen LogP contribution in [0.2, 0.25) is 0 Å². The van der Waals surface area contributed by atoms with Gasteiger partial charge in [-0.05, 0) is 32.4 Å². The maximum atomic E-state index is 9.37. The van der Waals surface area contributed by atoms with E-state index in [4.69, 9.17) is 0 Å². The molecular formula is C13H27N3O. The van der Waals surface area contributed by atoms with Gasteiger partial charge < -0.3 is 10.4 Å². The summed E-state index contributed by atoms with van der Waals surface area (Å²) in [6.45, 7) is 9.32. The molecule has 2 fully saturated rings. The minimum atomic E-state index is 0.253. The number of aliphatic hydroxyl groups is 1. The van der Waals surface area contributed by atoms with Gasteiger partial charge >= 0.3 is 0 Å². The van der Waals surface area contributed by atoms with Gasteiger partial charge in [0.2, 0.25) is 0 Å². The van der Waals surface area contributed by atoms with Crippen LogP contribution >= 0.6 is 0 Å². The lowest BCUT2D eigenvalue weighted by Crippen LogP contribution is -2.54. The Morgan fingerprint density at radius 2 is 2.24 bits per heavy atom. The zero-order valence-electron chi connectivity index (χ0n) is 11.1. The van der Waals surface area contributed by atoms with Crippen LogP contribution in [0.5, 0.6) is 0 Å². The average Bonchev–Trinajstić information content (AvgIpc) is 2.81. The minimum absolute atomic E-state index is 0.253. The molecule has 4 nitrogen and oxygen atoms in total. The maximum absolute atomic E-state index is 9.37. The van der Waals surface area contributed by atoms with Crippen molar-refractivity contribution in [3.8, 4) is 0 Å². The van der Waals surface area contributed by atoms with E-state index in [1.165, 1.54) is 39.0 Å². The fraction of sp³-hybridized carbons (Fsp3) is 1.00. The summed E-state index contributed by atoms with van der Waals surface area (Å²) in [5.41, 5.74) is 0. The Morgan fingerprint density at radius 1 is 1.35 bits per heavy atom. The summed E-state index contributed by atoms with van der Waals surface area (Å²) in [5, 5.41) is 12.8. The quantitative estimate of drug-likeness (QED) is 0.693. The van der Waals surface area contributed by atoms with Crippen LogP contribution in [0.1, 0.15) is 26.2 Å². The van der Waals surface area contributed by atoms with Crippen LogP contribution in [0.3, 0.4) is 0 Å². The molecule has 2 heterocycles. The van der Waals surface area contributed by atoms with E-state index in [0.29, 0.717) is 0 Å². The highest BCUT2D eigenvalue weighted by molar-refractivity contribution is 4.88. The van der Waals surface area contributed by atoms with Crippen LogP contribution in [-0.4, -0.2) is 72.9 Å². The fourth-order valence-corrected chi connectivity index (χ4v) is 3.07. The Kier molecular flexibility index (Phi) is 5.22. The van der Waals surface area contributed by atoms with Gasteiger partial charge in [0.05, 0.1) is 6.61 Å². The highest BCUT2D eigenvalue weighted by Gasteiger charge is 2.30. The lowest BCUT2D eigenvalue weighted by molar-refractivity contribution is 0.0872. The molecule has 2 saturated heterocycles. The standard InChI is InChI=1S/C13H27N3O/c1-2-5-14-12(11-17)9-15-7-8-16-6-3-4-13(16)10-15/h12-14,17H,2-11H2,1H3. The molecule has 0 aromatic rings. The van der Waals surface area contributed by atoms with Gasteiger partial charge in [-0.3, -0.25) is 9.80 Å². The first-order valence-corrected chi connectivity index (χ1v) is 7.14. The molecule has 2 rings (SSSR count). The van der Waals surface area contributed by atoms with Gasteiger partial charge in [-0.1, -0.05) is 6.92 Å². The molecule has 0 aromatic heterocycles. The van der Waals surface area contributed by atoms with Crippen LogP contribution in [0.15, 0.2) is 0 Å². The smallest absolute Gasteiger partial charge is 0.0597 e. The maximum Gasteiger partial charge on any atom is 0.0597 e. The predicted octanol–water partition coefficient (Wildman–Crippen LogP) is 0.127. The van der Waals surface area contributed by atoms with Gasteiger partial charge in [0.25, 0.3) is 0 Å². The Hall–Kier alpha value is -0.160. The summed E-state index contributed by atoms with van der Waals surface area (Å²) >= 11 is 0. The number of hydrogen-bond acceptors (Lipinski definition) is 4. The van der Waals surface area contributed by atoms with Crippen molar-refractivity contribution in [2.45, 2.75) is 38.3 Å². The molecule has 0 aromatic carbocycles. The monoisotopic (exact) mass is 241 g/mol. The Balaban J connectivity index is 1.74. The van der Waals surface area contributed by atoms with Crippen molar-refractivity contribution in [1.82, 2.24) is 15.1 Å². The number of fused-ring (bicyclic) bond motifs is 1. The van der Waals surface area contributed by atoms with Crippen molar-refractivity contribution in [3.63, 3.8) is 0 Å². The summed E-state index contributed by atoms with van der Waals surface area (Å²) in [6.07, 6.45) is 3.87. The first-order chi connectivity index (χ1) is 8.33. The van der Waals surface area contributed by atoms with Crippen molar-refractivity contribution in [1.29, 1.82) is 0 Å². The molecule has 2 aliphatic heterocycles. The van der Waals surface area contributed by atoms with Crippen molar-refractivity contribution in [2.75, 3.05) is 45.9 Å². The number of piperazine rings is 1. The van der Waals surface area contributed by atoms with Crippen molar-refractivity contribution in [3.05, 3.63) is 0 Å². The highest BCUT2D eigenvalue weighted by Crippen LogP contribution is 2.21. The minimum Gasteiger partial charge on any atom is -0.395 e. The van der Waals surface area contributed by atoms with Gasteiger partial charge in [-0.15, -0.1) is 0 Å². The molecule has 2 atom stereocenters. The third-order valence-corrected chi connectivity index (χ3v) is 4.05. The second kappa shape index (κ2) is 6.69. The topological polar surface area (TPSA) is 38.7 Å². The zero-order chi connectivity index (χ0) is 12.1. The second-order valence-corrected chi connectivity index (χ2v) is 5.43.